The highest BCUT2D eigenvalue weighted by molar-refractivity contribution is 5.40. The van der Waals surface area contributed by atoms with Crippen LogP contribution >= 0.6 is 0 Å². The molecule has 0 spiro atoms. The summed E-state index contributed by atoms with van der Waals surface area (Å²) in [6.07, 6.45) is 0. The summed E-state index contributed by atoms with van der Waals surface area (Å²) in [5, 5.41) is 4.63. The van der Waals surface area contributed by atoms with Crippen LogP contribution in [-0.2, 0) is 0 Å². The van der Waals surface area contributed by atoms with Gasteiger partial charge in [-0.1, -0.05) is 13.8 Å². The van der Waals surface area contributed by atoms with Crippen LogP contribution in [0.3, 0.4) is 0 Å². The van der Waals surface area contributed by atoms with Crippen molar-refractivity contribution in [1.82, 2.24) is 9.78 Å². The summed E-state index contributed by atoms with van der Waals surface area (Å²) >= 11 is 0. The van der Waals surface area contributed by atoms with Crippen LogP contribution in [0.4, 0.5) is 0 Å². The molecule has 1 aliphatic carbocycles. The Kier molecular flexibility index (Phi) is 2.42. The zero-order chi connectivity index (χ0) is 12.2. The van der Waals surface area contributed by atoms with Gasteiger partial charge in [0.1, 0.15) is 0 Å². The molecule has 1 fully saturated rings. The molecule has 3 heteroatoms. The van der Waals surface area contributed by atoms with Crippen LogP contribution < -0.4 is 5.73 Å². The number of hydrogen-bond donors (Lipinski definition) is 1. The van der Waals surface area contributed by atoms with Crippen LogP contribution in [-0.4, -0.2) is 15.8 Å². The summed E-state index contributed by atoms with van der Waals surface area (Å²) in [4.78, 5) is 0. The van der Waals surface area contributed by atoms with Gasteiger partial charge in [-0.25, -0.2) is 0 Å². The number of nitrogens with two attached hydrogens (primary N) is 1. The fourth-order valence-electron chi connectivity index (χ4n) is 2.86. The molecule has 0 aromatic carbocycles. The first-order valence-corrected chi connectivity index (χ1v) is 6.09. The molecule has 0 amide bonds. The lowest BCUT2D eigenvalue weighted by molar-refractivity contribution is 0.515. The van der Waals surface area contributed by atoms with Crippen LogP contribution in [0.5, 0.6) is 0 Å². The summed E-state index contributed by atoms with van der Waals surface area (Å²) in [5.74, 6) is 0.486. The Morgan fingerprint density at radius 3 is 2.12 bits per heavy atom. The molecule has 0 saturated heterocycles. The summed E-state index contributed by atoms with van der Waals surface area (Å²) in [6.45, 7) is 13.1. The van der Waals surface area contributed by atoms with E-state index in [0.717, 1.165) is 5.69 Å². The Morgan fingerprint density at radius 2 is 1.81 bits per heavy atom. The van der Waals surface area contributed by atoms with Crippen LogP contribution in [0.25, 0.3) is 0 Å². The zero-order valence-corrected chi connectivity index (χ0v) is 11.2. The molecule has 0 bridgehead atoms. The second kappa shape index (κ2) is 3.33. The van der Waals surface area contributed by atoms with Gasteiger partial charge in [-0.2, -0.15) is 5.10 Å². The highest BCUT2D eigenvalue weighted by Gasteiger charge is 2.57. The molecule has 1 aromatic rings. The molecule has 1 saturated carbocycles. The third-order valence-corrected chi connectivity index (χ3v) is 4.09. The van der Waals surface area contributed by atoms with Crippen molar-refractivity contribution in [3.05, 3.63) is 17.0 Å². The van der Waals surface area contributed by atoms with Gasteiger partial charge >= 0.3 is 0 Å². The quantitative estimate of drug-likeness (QED) is 0.834. The van der Waals surface area contributed by atoms with Gasteiger partial charge in [-0.15, -0.1) is 0 Å². The van der Waals surface area contributed by atoms with E-state index in [0.29, 0.717) is 12.0 Å². The van der Waals surface area contributed by atoms with E-state index in [1.807, 2.05) is 0 Å². The van der Waals surface area contributed by atoms with E-state index < -0.39 is 0 Å². The van der Waals surface area contributed by atoms with Crippen molar-refractivity contribution in [3.8, 4) is 0 Å². The number of nitrogens with zero attached hydrogens (tertiary/aromatic N) is 2. The van der Waals surface area contributed by atoms with Gasteiger partial charge in [0.15, 0.2) is 0 Å². The lowest BCUT2D eigenvalue weighted by Crippen LogP contribution is -2.07. The average molecular weight is 221 g/mol. The fraction of sp³-hybridized carbons (Fsp3) is 0.769. The minimum absolute atomic E-state index is 0.236. The van der Waals surface area contributed by atoms with Crippen LogP contribution in [0.1, 0.15) is 56.6 Å². The van der Waals surface area contributed by atoms with E-state index in [4.69, 9.17) is 5.73 Å². The second-order valence-corrected chi connectivity index (χ2v) is 5.95. The van der Waals surface area contributed by atoms with Gasteiger partial charge in [0.05, 0.1) is 5.69 Å². The minimum atomic E-state index is 0.236. The molecule has 1 aliphatic rings. The molecular formula is C13H23N3. The molecule has 0 unspecified atom stereocenters. The second-order valence-electron chi connectivity index (χ2n) is 5.95. The standard InChI is InChI=1S/C13H23N3/c1-7(2)16-9(4)10(8(3)15-16)11-12(14)13(11,5)6/h7,11-12H,14H2,1-6H3/t11-,12-/m0/s1. The lowest BCUT2D eigenvalue weighted by atomic mass is 10.0. The van der Waals surface area contributed by atoms with Crippen LogP contribution in [0.15, 0.2) is 0 Å². The van der Waals surface area contributed by atoms with E-state index in [9.17, 15) is 0 Å². The molecule has 1 heterocycles. The molecule has 0 aliphatic heterocycles. The highest BCUT2D eigenvalue weighted by atomic mass is 15.3. The molecule has 16 heavy (non-hydrogen) atoms. The van der Waals surface area contributed by atoms with E-state index in [-0.39, 0.29) is 11.5 Å². The van der Waals surface area contributed by atoms with Gasteiger partial charge in [0, 0.05) is 29.3 Å². The van der Waals surface area contributed by atoms with Crippen LogP contribution in [0.2, 0.25) is 0 Å². The van der Waals surface area contributed by atoms with Crippen molar-refractivity contribution in [2.45, 2.75) is 59.5 Å². The van der Waals surface area contributed by atoms with Gasteiger partial charge in [-0.05, 0) is 33.1 Å². The molecule has 2 N–H and O–H groups in total. The normalized spacial score (nSPS) is 27.5. The first kappa shape index (κ1) is 11.6. The molecule has 90 valence electrons. The van der Waals surface area contributed by atoms with E-state index in [1.54, 1.807) is 0 Å². The Labute approximate surface area is 98.0 Å². The predicted molar refractivity (Wildman–Crippen MR) is 66.6 cm³/mol. The Balaban J connectivity index is 2.44. The molecule has 2 atom stereocenters. The Bertz CT molecular complexity index is 415. The zero-order valence-electron chi connectivity index (χ0n) is 11.2. The highest BCUT2D eigenvalue weighted by Crippen LogP contribution is 2.58. The molecule has 1 aromatic heterocycles. The van der Waals surface area contributed by atoms with Crippen molar-refractivity contribution in [3.63, 3.8) is 0 Å². The lowest BCUT2D eigenvalue weighted by Gasteiger charge is -2.09. The van der Waals surface area contributed by atoms with E-state index in [1.165, 1.54) is 11.3 Å². The Morgan fingerprint density at radius 1 is 1.31 bits per heavy atom. The van der Waals surface area contributed by atoms with Crippen molar-refractivity contribution in [1.29, 1.82) is 0 Å². The third-order valence-electron chi connectivity index (χ3n) is 4.09. The summed E-state index contributed by atoms with van der Waals surface area (Å²) in [7, 11) is 0. The third kappa shape index (κ3) is 1.41. The average Bonchev–Trinajstić information content (AvgIpc) is 2.52. The van der Waals surface area contributed by atoms with Crippen molar-refractivity contribution in [2.75, 3.05) is 0 Å². The topological polar surface area (TPSA) is 43.8 Å². The fourth-order valence-corrected chi connectivity index (χ4v) is 2.86. The van der Waals surface area contributed by atoms with Crippen molar-refractivity contribution < 1.29 is 0 Å². The molecule has 0 radical (unpaired) electrons. The number of aryl methyl sites for hydroxylation is 1. The van der Waals surface area contributed by atoms with Gasteiger partial charge in [0.2, 0.25) is 0 Å². The maximum atomic E-state index is 6.16. The smallest absolute Gasteiger partial charge is 0.0632 e. The maximum Gasteiger partial charge on any atom is 0.0632 e. The largest absolute Gasteiger partial charge is 0.327 e. The molecule has 3 nitrogen and oxygen atoms in total. The molecular weight excluding hydrogens is 198 g/mol. The summed E-state index contributed by atoms with van der Waals surface area (Å²) in [5.41, 5.74) is 10.2. The van der Waals surface area contributed by atoms with Crippen molar-refractivity contribution >= 4 is 0 Å². The van der Waals surface area contributed by atoms with Gasteiger partial charge in [-0.3, -0.25) is 4.68 Å². The predicted octanol–water partition coefficient (Wildman–Crippen LogP) is 2.53. The van der Waals surface area contributed by atoms with Crippen LogP contribution in [0, 0.1) is 19.3 Å². The number of aromatic nitrogens is 2. The summed E-state index contributed by atoms with van der Waals surface area (Å²) < 4.78 is 2.12. The monoisotopic (exact) mass is 221 g/mol. The van der Waals surface area contributed by atoms with E-state index in [2.05, 4.69) is 51.3 Å². The van der Waals surface area contributed by atoms with Crippen molar-refractivity contribution in [2.24, 2.45) is 11.1 Å². The first-order valence-electron chi connectivity index (χ1n) is 6.09. The maximum absolute atomic E-state index is 6.16. The van der Waals surface area contributed by atoms with Gasteiger partial charge < -0.3 is 5.73 Å². The first-order chi connectivity index (χ1) is 7.28. The Hall–Kier alpha value is -0.830. The molecule has 2 rings (SSSR count). The number of hydrogen-bond acceptors (Lipinski definition) is 2. The van der Waals surface area contributed by atoms with Gasteiger partial charge in [0.25, 0.3) is 0 Å². The minimum Gasteiger partial charge on any atom is -0.327 e. The van der Waals surface area contributed by atoms with E-state index >= 15 is 0 Å². The summed E-state index contributed by atoms with van der Waals surface area (Å²) in [6, 6.07) is 0.709. The number of rotatable bonds is 2. The SMILES string of the molecule is Cc1nn(C(C)C)c(C)c1[C@H]1[C@H](N)C1(C)C.